The van der Waals surface area contributed by atoms with Crippen LogP contribution in [0.1, 0.15) is 11.3 Å². The molecule has 130 valence electrons. The van der Waals surface area contributed by atoms with Crippen molar-refractivity contribution in [1.29, 1.82) is 0 Å². The van der Waals surface area contributed by atoms with Crippen molar-refractivity contribution >= 4 is 23.1 Å². The van der Waals surface area contributed by atoms with Crippen LogP contribution >= 0.6 is 11.6 Å². The molecule has 0 spiro atoms. The van der Waals surface area contributed by atoms with Crippen LogP contribution in [0.5, 0.6) is 5.75 Å². The molecule has 7 nitrogen and oxygen atoms in total. The lowest BCUT2D eigenvalue weighted by molar-refractivity contribution is 0.389. The largest absolute Gasteiger partial charge is 0.507 e. The van der Waals surface area contributed by atoms with Crippen LogP contribution in [0.15, 0.2) is 58.5 Å². The maximum Gasteiger partial charge on any atom is 0.154 e. The van der Waals surface area contributed by atoms with E-state index in [9.17, 15) is 5.11 Å². The van der Waals surface area contributed by atoms with Gasteiger partial charge in [-0.1, -0.05) is 16.8 Å². The molecule has 0 saturated carbocycles. The Kier molecular flexibility index (Phi) is 4.06. The summed E-state index contributed by atoms with van der Waals surface area (Å²) < 4.78 is 4.89. The van der Waals surface area contributed by atoms with Crippen LogP contribution in [0.4, 0.5) is 0 Å². The number of phenolic OH excluding ortho intramolecular Hbond substituents is 1. The van der Waals surface area contributed by atoms with E-state index in [1.54, 1.807) is 30.6 Å². The Balaban J connectivity index is 2.02. The minimum atomic E-state index is 0.0784. The second-order valence-corrected chi connectivity index (χ2v) is 6.07. The van der Waals surface area contributed by atoms with Crippen LogP contribution in [-0.2, 0) is 0 Å². The monoisotopic (exact) mass is 367 g/mol. The van der Waals surface area contributed by atoms with Crippen molar-refractivity contribution in [2.45, 2.75) is 6.92 Å². The molecule has 0 atom stereocenters. The van der Waals surface area contributed by atoms with E-state index < -0.39 is 0 Å². The van der Waals surface area contributed by atoms with Gasteiger partial charge in [0.2, 0.25) is 0 Å². The molecule has 3 heterocycles. The Hall–Kier alpha value is -3.32. The molecule has 8 heteroatoms. The Bertz CT molecular complexity index is 1190. The van der Waals surface area contributed by atoms with Gasteiger partial charge in [0.25, 0.3) is 0 Å². The van der Waals surface area contributed by atoms with E-state index in [-0.39, 0.29) is 5.75 Å². The second-order valence-electron chi connectivity index (χ2n) is 5.64. The topological polar surface area (TPSA) is 95.6 Å². The third-order valence-corrected chi connectivity index (χ3v) is 4.19. The van der Waals surface area contributed by atoms with Crippen LogP contribution in [0.2, 0.25) is 5.02 Å². The summed E-state index contributed by atoms with van der Waals surface area (Å²) in [6.45, 7) is 1.81. The molecule has 1 aliphatic heterocycles. The highest BCUT2D eigenvalue weighted by molar-refractivity contribution is 6.30. The van der Waals surface area contributed by atoms with Gasteiger partial charge in [0.05, 0.1) is 11.1 Å². The van der Waals surface area contributed by atoms with Gasteiger partial charge < -0.3 is 9.63 Å². The summed E-state index contributed by atoms with van der Waals surface area (Å²) in [5.74, 6) is 0.663. The first-order chi connectivity index (χ1) is 12.6. The third kappa shape index (κ3) is 2.89. The summed E-state index contributed by atoms with van der Waals surface area (Å²) >= 11 is 5.94. The SMILES string of the molecule is Cc1noccc1=NC1=c2cnccc2=C(c2ccc(Cl)cc2O)NN1. The number of nitrogens with one attached hydrogen (secondary N) is 2. The Morgan fingerprint density at radius 3 is 2.85 bits per heavy atom. The smallest absolute Gasteiger partial charge is 0.154 e. The molecular formula is C18H14ClN5O2. The van der Waals surface area contributed by atoms with Gasteiger partial charge in [0, 0.05) is 39.5 Å². The number of pyridine rings is 1. The molecule has 0 amide bonds. The average molecular weight is 368 g/mol. The van der Waals surface area contributed by atoms with Crippen molar-refractivity contribution in [3.63, 3.8) is 0 Å². The van der Waals surface area contributed by atoms with E-state index in [0.717, 1.165) is 10.4 Å². The zero-order valence-corrected chi connectivity index (χ0v) is 14.4. The van der Waals surface area contributed by atoms with Crippen molar-refractivity contribution in [2.24, 2.45) is 4.99 Å². The van der Waals surface area contributed by atoms with E-state index in [4.69, 9.17) is 16.1 Å². The van der Waals surface area contributed by atoms with Crippen LogP contribution in [0, 0.1) is 6.92 Å². The first-order valence-corrected chi connectivity index (χ1v) is 8.17. The molecular weight excluding hydrogens is 354 g/mol. The fourth-order valence-corrected chi connectivity index (χ4v) is 2.85. The zero-order valence-electron chi connectivity index (χ0n) is 13.7. The van der Waals surface area contributed by atoms with Crippen LogP contribution in [0.3, 0.4) is 0 Å². The number of halogens is 1. The Morgan fingerprint density at radius 1 is 1.15 bits per heavy atom. The normalized spacial score (nSPS) is 13.8. The van der Waals surface area contributed by atoms with E-state index in [0.29, 0.717) is 33.2 Å². The fraction of sp³-hybridized carbons (Fsp3) is 0.0556. The summed E-state index contributed by atoms with van der Waals surface area (Å²) in [6, 6.07) is 8.56. The van der Waals surface area contributed by atoms with E-state index in [1.807, 2.05) is 13.0 Å². The minimum Gasteiger partial charge on any atom is -0.507 e. The van der Waals surface area contributed by atoms with Gasteiger partial charge in [-0.25, -0.2) is 4.99 Å². The number of aromatic hydroxyl groups is 1. The minimum absolute atomic E-state index is 0.0784. The highest BCUT2D eigenvalue weighted by atomic mass is 35.5. The predicted octanol–water partition coefficient (Wildman–Crippen LogP) is 0.668. The summed E-state index contributed by atoms with van der Waals surface area (Å²) in [4.78, 5) is 8.80. The second kappa shape index (κ2) is 6.53. The van der Waals surface area contributed by atoms with Gasteiger partial charge in [-0.3, -0.25) is 15.8 Å². The maximum absolute atomic E-state index is 10.3. The molecule has 0 aliphatic carbocycles. The van der Waals surface area contributed by atoms with Crippen LogP contribution < -0.4 is 26.6 Å². The first kappa shape index (κ1) is 16.2. The lowest BCUT2D eigenvalue weighted by atomic mass is 10.1. The molecule has 0 bridgehead atoms. The van der Waals surface area contributed by atoms with Gasteiger partial charge in [-0.05, 0) is 31.2 Å². The molecule has 0 fully saturated rings. The summed E-state index contributed by atoms with van der Waals surface area (Å²) in [5, 5.41) is 16.9. The third-order valence-electron chi connectivity index (χ3n) is 3.96. The van der Waals surface area contributed by atoms with Crippen LogP contribution in [-0.4, -0.2) is 15.2 Å². The number of benzene rings is 1. The quantitative estimate of drug-likeness (QED) is 0.616. The fourth-order valence-electron chi connectivity index (χ4n) is 2.68. The first-order valence-electron chi connectivity index (χ1n) is 7.79. The molecule has 26 heavy (non-hydrogen) atoms. The number of hydrogen-bond donors (Lipinski definition) is 3. The van der Waals surface area contributed by atoms with Crippen molar-refractivity contribution in [3.05, 3.63) is 81.1 Å². The number of hydrogen-bond acceptors (Lipinski definition) is 7. The molecule has 0 radical (unpaired) electrons. The zero-order chi connectivity index (χ0) is 18.1. The standard InChI is InChI=1S/C18H14ClN5O2/c1-10-15(5-7-26-24-10)21-18-14-9-20-6-4-12(14)17(22-23-18)13-3-2-11(19)8-16(13)25/h2-9,22-23,25H,1H3. The molecule has 0 unspecified atom stereocenters. The summed E-state index contributed by atoms with van der Waals surface area (Å²) in [6.07, 6.45) is 4.87. The number of hydrazine groups is 1. The predicted molar refractivity (Wildman–Crippen MR) is 95.6 cm³/mol. The van der Waals surface area contributed by atoms with Crippen molar-refractivity contribution in [1.82, 2.24) is 21.0 Å². The molecule has 1 aliphatic rings. The Morgan fingerprint density at radius 2 is 2.04 bits per heavy atom. The number of rotatable bonds is 2. The number of aryl methyl sites for hydroxylation is 1. The molecule has 0 saturated heterocycles. The van der Waals surface area contributed by atoms with Gasteiger partial charge in [0.1, 0.15) is 17.7 Å². The maximum atomic E-state index is 10.3. The van der Waals surface area contributed by atoms with Crippen LogP contribution in [0.25, 0.3) is 11.5 Å². The number of aromatic nitrogens is 2. The van der Waals surface area contributed by atoms with E-state index >= 15 is 0 Å². The average Bonchev–Trinajstić information content (AvgIpc) is 2.64. The van der Waals surface area contributed by atoms with Gasteiger partial charge in [-0.2, -0.15) is 0 Å². The molecule has 2 aromatic heterocycles. The summed E-state index contributed by atoms with van der Waals surface area (Å²) in [5.41, 5.74) is 8.15. The van der Waals surface area contributed by atoms with Gasteiger partial charge in [-0.15, -0.1) is 0 Å². The Labute approximate surface area is 153 Å². The van der Waals surface area contributed by atoms with Gasteiger partial charge in [0.15, 0.2) is 5.82 Å². The molecule has 1 aromatic carbocycles. The molecule has 3 N–H and O–H groups in total. The van der Waals surface area contributed by atoms with Crippen molar-refractivity contribution < 1.29 is 9.63 Å². The lowest BCUT2D eigenvalue weighted by Crippen LogP contribution is -2.47. The van der Waals surface area contributed by atoms with Crippen molar-refractivity contribution in [2.75, 3.05) is 0 Å². The highest BCUT2D eigenvalue weighted by Crippen LogP contribution is 2.25. The van der Waals surface area contributed by atoms with E-state index in [1.165, 1.54) is 12.3 Å². The molecule has 4 rings (SSSR count). The highest BCUT2D eigenvalue weighted by Gasteiger charge is 2.14. The lowest BCUT2D eigenvalue weighted by Gasteiger charge is -2.19. The number of fused-ring (bicyclic) bond motifs is 1. The van der Waals surface area contributed by atoms with E-state index in [2.05, 4.69) is 26.0 Å². The van der Waals surface area contributed by atoms with Crippen molar-refractivity contribution in [3.8, 4) is 5.75 Å². The number of nitrogens with zero attached hydrogens (tertiary/aromatic N) is 3. The van der Waals surface area contributed by atoms with Gasteiger partial charge >= 0.3 is 0 Å². The summed E-state index contributed by atoms with van der Waals surface area (Å²) in [7, 11) is 0. The molecule has 3 aromatic rings. The number of phenols is 1.